The van der Waals surface area contributed by atoms with Crippen LogP contribution in [0.5, 0.6) is 0 Å². The first kappa shape index (κ1) is 11.7. The van der Waals surface area contributed by atoms with Crippen LogP contribution in [0.25, 0.3) is 0 Å². The van der Waals surface area contributed by atoms with E-state index in [-0.39, 0.29) is 7.43 Å². The third-order valence-electron chi connectivity index (χ3n) is 3.29. The minimum Gasteiger partial charge on any atom is -0.317 e. The number of nitrogens with zero attached hydrogens (tertiary/aromatic N) is 1. The molecule has 2 aliphatic rings. The Kier molecular flexibility index (Phi) is 4.63. The summed E-state index contributed by atoms with van der Waals surface area (Å²) in [4.78, 5) is 2.65. The second kappa shape index (κ2) is 5.52. The lowest BCUT2D eigenvalue weighted by molar-refractivity contribution is 0.174. The molecular weight excluding hydrogens is 172 g/mol. The van der Waals surface area contributed by atoms with Gasteiger partial charge in [-0.3, -0.25) is 4.90 Å². The Labute approximate surface area is 88.4 Å². The standard InChI is InChI=1S/C11H20N2.CH4/c1-10-4-8-13(9-5-10)11-2-6-12-7-3-11;/h4,11-12H,2-3,5-9H2,1H3;1H4. The Hall–Kier alpha value is -0.340. The molecule has 0 amide bonds. The van der Waals surface area contributed by atoms with Gasteiger partial charge < -0.3 is 5.32 Å². The minimum atomic E-state index is 0. The zero-order valence-electron chi connectivity index (χ0n) is 8.55. The highest BCUT2D eigenvalue weighted by atomic mass is 15.2. The SMILES string of the molecule is C.CC1=CCN(C2CCNCC2)CC1. The third-order valence-corrected chi connectivity index (χ3v) is 3.29. The maximum atomic E-state index is 3.42. The summed E-state index contributed by atoms with van der Waals surface area (Å²) in [6.07, 6.45) is 6.36. The average molecular weight is 196 g/mol. The highest BCUT2D eigenvalue weighted by Crippen LogP contribution is 2.17. The van der Waals surface area contributed by atoms with E-state index < -0.39 is 0 Å². The van der Waals surface area contributed by atoms with Crippen LogP contribution in [0.4, 0.5) is 0 Å². The highest BCUT2D eigenvalue weighted by Gasteiger charge is 2.21. The molecule has 2 nitrogen and oxygen atoms in total. The highest BCUT2D eigenvalue weighted by molar-refractivity contribution is 5.04. The monoisotopic (exact) mass is 196 g/mol. The maximum absolute atomic E-state index is 3.42. The topological polar surface area (TPSA) is 15.3 Å². The van der Waals surface area contributed by atoms with Crippen molar-refractivity contribution in [2.75, 3.05) is 26.2 Å². The van der Waals surface area contributed by atoms with E-state index in [1.807, 2.05) is 0 Å². The molecule has 14 heavy (non-hydrogen) atoms. The van der Waals surface area contributed by atoms with Crippen LogP contribution in [0, 0.1) is 0 Å². The summed E-state index contributed by atoms with van der Waals surface area (Å²) in [5, 5.41) is 3.42. The Morgan fingerprint density at radius 3 is 2.64 bits per heavy atom. The van der Waals surface area contributed by atoms with Gasteiger partial charge in [0, 0.05) is 19.1 Å². The zero-order chi connectivity index (χ0) is 9.10. The molecule has 0 aromatic rings. The Morgan fingerprint density at radius 1 is 1.36 bits per heavy atom. The van der Waals surface area contributed by atoms with Gasteiger partial charge in [0.05, 0.1) is 0 Å². The van der Waals surface area contributed by atoms with Crippen molar-refractivity contribution in [1.29, 1.82) is 0 Å². The van der Waals surface area contributed by atoms with Gasteiger partial charge in [-0.05, 0) is 39.3 Å². The molecule has 2 aliphatic heterocycles. The van der Waals surface area contributed by atoms with Crippen molar-refractivity contribution in [3.8, 4) is 0 Å². The first-order valence-electron chi connectivity index (χ1n) is 5.46. The Bertz CT molecular complexity index is 192. The van der Waals surface area contributed by atoms with Gasteiger partial charge in [-0.15, -0.1) is 0 Å². The average Bonchev–Trinajstić information content (AvgIpc) is 2.20. The molecule has 0 saturated carbocycles. The molecule has 2 rings (SSSR count). The third kappa shape index (κ3) is 2.82. The molecule has 1 fully saturated rings. The van der Waals surface area contributed by atoms with E-state index in [4.69, 9.17) is 0 Å². The van der Waals surface area contributed by atoms with Crippen LogP contribution in [-0.2, 0) is 0 Å². The van der Waals surface area contributed by atoms with Crippen molar-refractivity contribution in [2.45, 2.75) is 39.7 Å². The van der Waals surface area contributed by atoms with Crippen molar-refractivity contribution in [2.24, 2.45) is 0 Å². The fourth-order valence-electron chi connectivity index (χ4n) is 2.29. The molecule has 0 aromatic carbocycles. The van der Waals surface area contributed by atoms with Crippen LogP contribution in [0.2, 0.25) is 0 Å². The summed E-state index contributed by atoms with van der Waals surface area (Å²) >= 11 is 0. The molecule has 0 radical (unpaired) electrons. The molecule has 0 aliphatic carbocycles. The molecule has 0 bridgehead atoms. The van der Waals surface area contributed by atoms with E-state index in [1.165, 1.54) is 45.4 Å². The Balaban J connectivity index is 0.000000980. The van der Waals surface area contributed by atoms with Gasteiger partial charge in [0.15, 0.2) is 0 Å². The van der Waals surface area contributed by atoms with Crippen LogP contribution in [0.3, 0.4) is 0 Å². The van der Waals surface area contributed by atoms with Gasteiger partial charge in [0.2, 0.25) is 0 Å². The van der Waals surface area contributed by atoms with Crippen LogP contribution < -0.4 is 5.32 Å². The second-order valence-electron chi connectivity index (χ2n) is 4.28. The molecule has 0 spiro atoms. The van der Waals surface area contributed by atoms with Gasteiger partial charge in [-0.2, -0.15) is 0 Å². The summed E-state index contributed by atoms with van der Waals surface area (Å²) in [5.41, 5.74) is 1.57. The quantitative estimate of drug-likeness (QED) is 0.646. The van der Waals surface area contributed by atoms with E-state index in [9.17, 15) is 0 Å². The fraction of sp³-hybridized carbons (Fsp3) is 0.833. The lowest BCUT2D eigenvalue weighted by atomic mass is 10.0. The van der Waals surface area contributed by atoms with Crippen LogP contribution in [-0.4, -0.2) is 37.1 Å². The van der Waals surface area contributed by atoms with Crippen molar-refractivity contribution in [3.63, 3.8) is 0 Å². The van der Waals surface area contributed by atoms with E-state index in [0.29, 0.717) is 0 Å². The molecule has 82 valence electrons. The van der Waals surface area contributed by atoms with E-state index in [0.717, 1.165) is 6.04 Å². The lowest BCUT2D eigenvalue weighted by Crippen LogP contribution is -2.44. The predicted octanol–water partition coefficient (Wildman–Crippen LogP) is 2.03. The number of nitrogens with one attached hydrogen (secondary N) is 1. The van der Waals surface area contributed by atoms with Crippen molar-refractivity contribution in [1.82, 2.24) is 10.2 Å². The maximum Gasteiger partial charge on any atom is 0.0168 e. The van der Waals surface area contributed by atoms with Crippen molar-refractivity contribution in [3.05, 3.63) is 11.6 Å². The second-order valence-corrected chi connectivity index (χ2v) is 4.28. The minimum absolute atomic E-state index is 0. The van der Waals surface area contributed by atoms with E-state index in [1.54, 1.807) is 5.57 Å². The van der Waals surface area contributed by atoms with Crippen molar-refractivity contribution < 1.29 is 0 Å². The number of hydrogen-bond donors (Lipinski definition) is 1. The molecule has 0 unspecified atom stereocenters. The summed E-state index contributed by atoms with van der Waals surface area (Å²) < 4.78 is 0. The van der Waals surface area contributed by atoms with Crippen LogP contribution in [0.15, 0.2) is 11.6 Å². The first-order chi connectivity index (χ1) is 6.36. The van der Waals surface area contributed by atoms with Crippen molar-refractivity contribution >= 4 is 0 Å². The lowest BCUT2D eigenvalue weighted by Gasteiger charge is -2.36. The molecular formula is C12H24N2. The molecule has 0 atom stereocenters. The molecule has 1 N–H and O–H groups in total. The summed E-state index contributed by atoms with van der Waals surface area (Å²) in [5.74, 6) is 0. The number of piperidine rings is 1. The fourth-order valence-corrected chi connectivity index (χ4v) is 2.29. The van der Waals surface area contributed by atoms with E-state index >= 15 is 0 Å². The van der Waals surface area contributed by atoms with Gasteiger partial charge in [-0.25, -0.2) is 0 Å². The van der Waals surface area contributed by atoms with Gasteiger partial charge in [-0.1, -0.05) is 19.1 Å². The van der Waals surface area contributed by atoms with Crippen LogP contribution in [0.1, 0.15) is 33.6 Å². The normalized spacial score (nSPS) is 25.4. The Morgan fingerprint density at radius 2 is 2.07 bits per heavy atom. The van der Waals surface area contributed by atoms with Gasteiger partial charge >= 0.3 is 0 Å². The molecule has 2 heterocycles. The van der Waals surface area contributed by atoms with Crippen LogP contribution >= 0.6 is 0 Å². The largest absolute Gasteiger partial charge is 0.317 e. The molecule has 2 heteroatoms. The summed E-state index contributed by atoms with van der Waals surface area (Å²) in [7, 11) is 0. The number of hydrogen-bond acceptors (Lipinski definition) is 2. The zero-order valence-corrected chi connectivity index (χ0v) is 8.55. The summed E-state index contributed by atoms with van der Waals surface area (Å²) in [6, 6.07) is 0.852. The first-order valence-corrected chi connectivity index (χ1v) is 5.46. The van der Waals surface area contributed by atoms with Gasteiger partial charge in [0.1, 0.15) is 0 Å². The number of rotatable bonds is 1. The molecule has 1 saturated heterocycles. The molecule has 0 aromatic heterocycles. The smallest absolute Gasteiger partial charge is 0.0168 e. The van der Waals surface area contributed by atoms with E-state index in [2.05, 4.69) is 23.2 Å². The summed E-state index contributed by atoms with van der Waals surface area (Å²) in [6.45, 7) is 7.15. The van der Waals surface area contributed by atoms with Gasteiger partial charge in [0.25, 0.3) is 0 Å². The predicted molar refractivity (Wildman–Crippen MR) is 62.6 cm³/mol.